The minimum atomic E-state index is -0.575. The van der Waals surface area contributed by atoms with E-state index in [9.17, 15) is 14.4 Å². The van der Waals surface area contributed by atoms with Crippen LogP contribution >= 0.6 is 0 Å². The molecule has 0 aliphatic carbocycles. The predicted octanol–water partition coefficient (Wildman–Crippen LogP) is 2.17. The molecule has 2 aromatic rings. The number of nitrogens with zero attached hydrogens (tertiary/aromatic N) is 1. The van der Waals surface area contributed by atoms with Gasteiger partial charge in [-0.2, -0.15) is 0 Å². The van der Waals surface area contributed by atoms with Crippen molar-refractivity contribution in [3.8, 4) is 5.75 Å². The molecular weight excluding hydrogens is 398 g/mol. The van der Waals surface area contributed by atoms with E-state index >= 15 is 0 Å². The van der Waals surface area contributed by atoms with Crippen molar-refractivity contribution in [1.82, 2.24) is 15.5 Å². The Labute approximate surface area is 179 Å². The van der Waals surface area contributed by atoms with Crippen LogP contribution < -0.4 is 15.4 Å². The Balaban J connectivity index is 1.50. The molecule has 31 heavy (non-hydrogen) atoms. The van der Waals surface area contributed by atoms with Crippen LogP contribution in [0, 0.1) is 0 Å². The number of ether oxygens (including phenoxy) is 2. The van der Waals surface area contributed by atoms with Gasteiger partial charge in [-0.1, -0.05) is 24.3 Å². The van der Waals surface area contributed by atoms with Gasteiger partial charge in [0.15, 0.2) is 0 Å². The molecule has 1 atom stereocenters. The molecule has 0 saturated carbocycles. The van der Waals surface area contributed by atoms with Gasteiger partial charge in [0, 0.05) is 6.54 Å². The van der Waals surface area contributed by atoms with E-state index in [-0.39, 0.29) is 11.9 Å². The number of carbonyl (C=O) groups excluding carboxylic acids is 3. The van der Waals surface area contributed by atoms with Crippen LogP contribution in [-0.2, 0) is 16.0 Å². The smallest absolute Gasteiger partial charge is 0.337 e. The number of methoxy groups -OCH3 is 2. The van der Waals surface area contributed by atoms with Crippen LogP contribution in [-0.4, -0.2) is 50.1 Å². The van der Waals surface area contributed by atoms with Crippen LogP contribution in [0.4, 0.5) is 4.79 Å². The molecule has 8 heteroatoms. The number of benzene rings is 2. The molecule has 0 unspecified atom stereocenters. The summed E-state index contributed by atoms with van der Waals surface area (Å²) in [6, 6.07) is 13.5. The number of hydrogen-bond acceptors (Lipinski definition) is 5. The van der Waals surface area contributed by atoms with Crippen molar-refractivity contribution >= 4 is 17.9 Å². The Morgan fingerprint density at radius 3 is 2.42 bits per heavy atom. The van der Waals surface area contributed by atoms with Gasteiger partial charge in [-0.25, -0.2) is 9.59 Å². The first kappa shape index (κ1) is 20.5. The number of esters is 1. The van der Waals surface area contributed by atoms with Crippen LogP contribution in [0.5, 0.6) is 5.75 Å². The van der Waals surface area contributed by atoms with Crippen LogP contribution in [0.3, 0.4) is 0 Å². The summed E-state index contributed by atoms with van der Waals surface area (Å²) in [6.07, 6.45) is 0.691. The highest BCUT2D eigenvalue weighted by molar-refractivity contribution is 6.01. The lowest BCUT2D eigenvalue weighted by Crippen LogP contribution is -2.44. The zero-order chi connectivity index (χ0) is 22.0. The maximum Gasteiger partial charge on any atom is 0.337 e. The average Bonchev–Trinajstić information content (AvgIpc) is 3.12. The summed E-state index contributed by atoms with van der Waals surface area (Å²) >= 11 is 0. The minimum absolute atomic E-state index is 0.113. The zero-order valence-corrected chi connectivity index (χ0v) is 17.3. The predicted molar refractivity (Wildman–Crippen MR) is 112 cm³/mol. The molecule has 2 aliphatic heterocycles. The third-order valence-corrected chi connectivity index (χ3v) is 5.51. The Hall–Kier alpha value is -3.81. The second kappa shape index (κ2) is 8.51. The lowest BCUT2D eigenvalue weighted by atomic mass is 9.95. The van der Waals surface area contributed by atoms with Gasteiger partial charge in [-0.05, 0) is 41.8 Å². The third-order valence-electron chi connectivity index (χ3n) is 5.51. The summed E-state index contributed by atoms with van der Waals surface area (Å²) in [6.45, 7) is 0.885. The van der Waals surface area contributed by atoms with Gasteiger partial charge in [0.1, 0.15) is 5.75 Å². The zero-order valence-electron chi connectivity index (χ0n) is 17.3. The second-order valence-corrected chi connectivity index (χ2v) is 7.36. The maximum absolute atomic E-state index is 13.2. The Morgan fingerprint density at radius 2 is 1.77 bits per heavy atom. The van der Waals surface area contributed by atoms with Crippen molar-refractivity contribution < 1.29 is 23.9 Å². The maximum atomic E-state index is 13.2. The fourth-order valence-corrected chi connectivity index (χ4v) is 3.84. The Bertz CT molecular complexity index is 1040. The lowest BCUT2D eigenvalue weighted by Gasteiger charge is -2.25. The average molecular weight is 421 g/mol. The largest absolute Gasteiger partial charge is 0.497 e. The molecule has 3 amide bonds. The lowest BCUT2D eigenvalue weighted by molar-refractivity contribution is -0.125. The molecule has 2 N–H and O–H groups in total. The van der Waals surface area contributed by atoms with Crippen molar-refractivity contribution in [2.45, 2.75) is 12.5 Å². The highest BCUT2D eigenvalue weighted by Crippen LogP contribution is 2.32. The monoisotopic (exact) mass is 421 g/mol. The standard InChI is InChI=1S/C23H23N3O5/c1-30-17-9-3-14(4-10-17)11-12-26-13-18-19(21(26)27)20(25-23(29)24-18)15-5-7-16(8-6-15)22(28)31-2/h3-10,20H,11-13H2,1-2H3,(H2,24,25,29)/t20-/m1/s1. The van der Waals surface area contributed by atoms with E-state index in [0.717, 1.165) is 16.9 Å². The SMILES string of the molecule is COC(=O)c1ccc([C@H]2NC(=O)NC3=C2C(=O)N(CCc2ccc(OC)cc2)C3)cc1. The summed E-state index contributed by atoms with van der Waals surface area (Å²) in [4.78, 5) is 38.8. The third kappa shape index (κ3) is 4.09. The number of carbonyl (C=O) groups is 3. The van der Waals surface area contributed by atoms with Crippen molar-refractivity contribution in [3.05, 3.63) is 76.5 Å². The summed E-state index contributed by atoms with van der Waals surface area (Å²) < 4.78 is 9.89. The van der Waals surface area contributed by atoms with Gasteiger partial charge in [-0.15, -0.1) is 0 Å². The number of hydrogen-bond donors (Lipinski definition) is 2. The molecular formula is C23H23N3O5. The van der Waals surface area contributed by atoms with E-state index in [4.69, 9.17) is 9.47 Å². The van der Waals surface area contributed by atoms with E-state index in [0.29, 0.717) is 36.3 Å². The quantitative estimate of drug-likeness (QED) is 0.697. The number of rotatable bonds is 6. The van der Waals surface area contributed by atoms with Gasteiger partial charge in [-0.3, -0.25) is 4.79 Å². The van der Waals surface area contributed by atoms with Gasteiger partial charge < -0.3 is 25.0 Å². The summed E-state index contributed by atoms with van der Waals surface area (Å²) in [5, 5.41) is 5.59. The van der Waals surface area contributed by atoms with Gasteiger partial charge in [0.2, 0.25) is 0 Å². The van der Waals surface area contributed by atoms with E-state index in [1.54, 1.807) is 36.3 Å². The molecule has 8 nitrogen and oxygen atoms in total. The van der Waals surface area contributed by atoms with E-state index in [2.05, 4.69) is 10.6 Å². The van der Waals surface area contributed by atoms with Crippen molar-refractivity contribution in [2.24, 2.45) is 0 Å². The van der Waals surface area contributed by atoms with E-state index in [1.807, 2.05) is 24.3 Å². The first-order valence-electron chi connectivity index (χ1n) is 9.91. The van der Waals surface area contributed by atoms with Gasteiger partial charge in [0.25, 0.3) is 5.91 Å². The van der Waals surface area contributed by atoms with Gasteiger partial charge >= 0.3 is 12.0 Å². The van der Waals surface area contributed by atoms with Crippen LogP contribution in [0.15, 0.2) is 59.8 Å². The Kier molecular flexibility index (Phi) is 5.62. The molecule has 0 bridgehead atoms. The molecule has 0 aromatic heterocycles. The minimum Gasteiger partial charge on any atom is -0.497 e. The van der Waals surface area contributed by atoms with Crippen LogP contribution in [0.1, 0.15) is 27.5 Å². The summed E-state index contributed by atoms with van der Waals surface area (Å²) in [5.41, 5.74) is 3.36. The van der Waals surface area contributed by atoms with Crippen LogP contribution in [0.25, 0.3) is 0 Å². The summed E-state index contributed by atoms with van der Waals surface area (Å²) in [7, 11) is 2.94. The van der Waals surface area contributed by atoms with Crippen molar-refractivity contribution in [1.29, 1.82) is 0 Å². The normalized spacial score (nSPS) is 17.7. The first-order valence-corrected chi connectivity index (χ1v) is 9.91. The first-order chi connectivity index (χ1) is 15.0. The second-order valence-electron chi connectivity index (χ2n) is 7.36. The number of urea groups is 1. The highest BCUT2D eigenvalue weighted by Gasteiger charge is 2.40. The molecule has 160 valence electrons. The highest BCUT2D eigenvalue weighted by atomic mass is 16.5. The van der Waals surface area contributed by atoms with Gasteiger partial charge in [0.05, 0.1) is 43.6 Å². The number of amides is 3. The Morgan fingerprint density at radius 1 is 1.06 bits per heavy atom. The topological polar surface area (TPSA) is 97.0 Å². The molecule has 2 heterocycles. The molecule has 2 aliphatic rings. The van der Waals surface area contributed by atoms with E-state index in [1.165, 1.54) is 7.11 Å². The van der Waals surface area contributed by atoms with E-state index < -0.39 is 12.0 Å². The fourth-order valence-electron chi connectivity index (χ4n) is 3.84. The molecule has 0 spiro atoms. The van der Waals surface area contributed by atoms with Crippen LogP contribution in [0.2, 0.25) is 0 Å². The summed E-state index contributed by atoms with van der Waals surface area (Å²) in [5.74, 6) is 0.230. The molecule has 2 aromatic carbocycles. The number of nitrogens with one attached hydrogen (secondary N) is 2. The van der Waals surface area contributed by atoms with Crippen molar-refractivity contribution in [2.75, 3.05) is 27.3 Å². The molecule has 0 saturated heterocycles. The molecule has 0 radical (unpaired) electrons. The fraction of sp³-hybridized carbons (Fsp3) is 0.261. The molecule has 0 fully saturated rings. The molecule has 4 rings (SSSR count). The van der Waals surface area contributed by atoms with Crippen molar-refractivity contribution in [3.63, 3.8) is 0 Å².